The van der Waals surface area contributed by atoms with Gasteiger partial charge in [-0.2, -0.15) is 0 Å². The van der Waals surface area contributed by atoms with E-state index in [0.29, 0.717) is 6.61 Å². The molecule has 0 spiro atoms. The summed E-state index contributed by atoms with van der Waals surface area (Å²) in [6.07, 6.45) is -0.0111. The Labute approximate surface area is 116 Å². The number of rotatable bonds is 5. The first-order chi connectivity index (χ1) is 8.81. The minimum absolute atomic E-state index is 0.0111. The second kappa shape index (κ2) is 6.49. The predicted octanol–water partition coefficient (Wildman–Crippen LogP) is 3.85. The van der Waals surface area contributed by atoms with Crippen molar-refractivity contribution < 1.29 is 9.13 Å². The van der Waals surface area contributed by atoms with Crippen molar-refractivity contribution in [3.05, 3.63) is 35.1 Å². The predicted molar refractivity (Wildman–Crippen MR) is 77.8 cm³/mol. The molecule has 2 unspecified atom stereocenters. The third kappa shape index (κ3) is 4.02. The maximum atomic E-state index is 13.5. The van der Waals surface area contributed by atoms with Gasteiger partial charge in [-0.1, -0.05) is 26.8 Å². The van der Waals surface area contributed by atoms with Crippen LogP contribution in [0.2, 0.25) is 0 Å². The van der Waals surface area contributed by atoms with Crippen LogP contribution in [0.3, 0.4) is 0 Å². The molecule has 0 aromatic heterocycles. The van der Waals surface area contributed by atoms with Gasteiger partial charge in [0.15, 0.2) is 0 Å². The van der Waals surface area contributed by atoms with Crippen molar-refractivity contribution in [2.24, 2.45) is 5.41 Å². The molecule has 0 aliphatic carbocycles. The molecule has 1 aromatic carbocycles. The molecular weight excluding hydrogens is 241 g/mol. The molecule has 0 saturated carbocycles. The van der Waals surface area contributed by atoms with E-state index in [1.165, 1.54) is 6.07 Å². The van der Waals surface area contributed by atoms with Crippen LogP contribution in [0.25, 0.3) is 0 Å². The van der Waals surface area contributed by atoms with E-state index in [1.54, 1.807) is 6.07 Å². The minimum Gasteiger partial charge on any atom is -0.376 e. The summed E-state index contributed by atoms with van der Waals surface area (Å²) >= 11 is 0. The topological polar surface area (TPSA) is 21.3 Å². The van der Waals surface area contributed by atoms with Crippen LogP contribution < -0.4 is 5.32 Å². The van der Waals surface area contributed by atoms with Gasteiger partial charge < -0.3 is 10.1 Å². The summed E-state index contributed by atoms with van der Waals surface area (Å²) in [6.45, 7) is 11.1. The van der Waals surface area contributed by atoms with E-state index in [2.05, 4.69) is 26.1 Å². The van der Waals surface area contributed by atoms with E-state index < -0.39 is 0 Å². The number of halogens is 1. The molecule has 0 aliphatic rings. The molecule has 0 amide bonds. The third-order valence-electron chi connectivity index (χ3n) is 3.39. The van der Waals surface area contributed by atoms with Gasteiger partial charge in [0.25, 0.3) is 0 Å². The van der Waals surface area contributed by atoms with Gasteiger partial charge in [-0.05, 0) is 49.6 Å². The Balaban J connectivity index is 3.19. The van der Waals surface area contributed by atoms with Gasteiger partial charge in [-0.25, -0.2) is 4.39 Å². The van der Waals surface area contributed by atoms with Crippen LogP contribution in [-0.4, -0.2) is 19.8 Å². The zero-order valence-corrected chi connectivity index (χ0v) is 12.9. The summed E-state index contributed by atoms with van der Waals surface area (Å²) in [4.78, 5) is 0. The Hall–Kier alpha value is -0.930. The first kappa shape index (κ1) is 16.1. The maximum Gasteiger partial charge on any atom is 0.123 e. The molecule has 3 heteroatoms. The molecule has 0 heterocycles. The number of nitrogens with one attached hydrogen (secondary N) is 1. The lowest BCUT2D eigenvalue weighted by molar-refractivity contribution is -0.0352. The summed E-state index contributed by atoms with van der Waals surface area (Å²) in [7, 11) is 1.90. The molecular formula is C16H26FNO. The Morgan fingerprint density at radius 2 is 1.95 bits per heavy atom. The van der Waals surface area contributed by atoms with Crippen molar-refractivity contribution >= 4 is 0 Å². The van der Waals surface area contributed by atoms with Crippen LogP contribution in [0.5, 0.6) is 0 Å². The average Bonchev–Trinajstić information content (AvgIpc) is 2.32. The van der Waals surface area contributed by atoms with Crippen molar-refractivity contribution in [2.75, 3.05) is 13.7 Å². The minimum atomic E-state index is -0.204. The highest BCUT2D eigenvalue weighted by molar-refractivity contribution is 5.30. The summed E-state index contributed by atoms with van der Waals surface area (Å²) < 4.78 is 19.4. The fraction of sp³-hybridized carbons (Fsp3) is 0.625. The largest absolute Gasteiger partial charge is 0.376 e. The number of ether oxygens (including phenoxy) is 1. The van der Waals surface area contributed by atoms with Crippen LogP contribution in [-0.2, 0) is 4.74 Å². The number of hydrogen-bond donors (Lipinski definition) is 1. The van der Waals surface area contributed by atoms with E-state index in [1.807, 2.05) is 27.0 Å². The molecule has 0 radical (unpaired) electrons. The molecule has 0 aliphatic heterocycles. The van der Waals surface area contributed by atoms with Crippen molar-refractivity contribution in [2.45, 2.75) is 46.8 Å². The van der Waals surface area contributed by atoms with Crippen LogP contribution in [0, 0.1) is 18.2 Å². The molecule has 2 nitrogen and oxygen atoms in total. The Morgan fingerprint density at radius 1 is 1.32 bits per heavy atom. The SMILES string of the molecule is CCOC(C(NC)c1cc(F)ccc1C)C(C)(C)C. The van der Waals surface area contributed by atoms with Gasteiger partial charge in [0, 0.05) is 6.61 Å². The Morgan fingerprint density at radius 3 is 2.42 bits per heavy atom. The van der Waals surface area contributed by atoms with E-state index >= 15 is 0 Å². The highest BCUT2D eigenvalue weighted by Gasteiger charge is 2.33. The van der Waals surface area contributed by atoms with Gasteiger partial charge in [0.05, 0.1) is 12.1 Å². The highest BCUT2D eigenvalue weighted by atomic mass is 19.1. The van der Waals surface area contributed by atoms with Gasteiger partial charge in [0.2, 0.25) is 0 Å². The van der Waals surface area contributed by atoms with Crippen molar-refractivity contribution in [1.82, 2.24) is 5.32 Å². The van der Waals surface area contributed by atoms with Gasteiger partial charge in [0.1, 0.15) is 5.82 Å². The second-order valence-electron chi connectivity index (χ2n) is 6.01. The van der Waals surface area contributed by atoms with Gasteiger partial charge in [-0.3, -0.25) is 0 Å². The molecule has 1 aromatic rings. The summed E-state index contributed by atoms with van der Waals surface area (Å²) in [5.74, 6) is -0.204. The maximum absolute atomic E-state index is 13.5. The number of likely N-dealkylation sites (N-methyl/N-ethyl adjacent to an activating group) is 1. The number of aryl methyl sites for hydroxylation is 1. The van der Waals surface area contributed by atoms with Crippen LogP contribution in [0.15, 0.2) is 18.2 Å². The first-order valence-electron chi connectivity index (χ1n) is 6.86. The Kier molecular flexibility index (Phi) is 5.50. The van der Waals surface area contributed by atoms with Crippen LogP contribution in [0.1, 0.15) is 44.9 Å². The van der Waals surface area contributed by atoms with E-state index in [-0.39, 0.29) is 23.4 Å². The molecule has 1 N–H and O–H groups in total. The van der Waals surface area contributed by atoms with Gasteiger partial charge in [-0.15, -0.1) is 0 Å². The van der Waals surface area contributed by atoms with E-state index in [0.717, 1.165) is 11.1 Å². The smallest absolute Gasteiger partial charge is 0.123 e. The lowest BCUT2D eigenvalue weighted by atomic mass is 9.81. The van der Waals surface area contributed by atoms with Crippen molar-refractivity contribution in [1.29, 1.82) is 0 Å². The average molecular weight is 267 g/mol. The second-order valence-corrected chi connectivity index (χ2v) is 6.01. The number of hydrogen-bond acceptors (Lipinski definition) is 2. The normalized spacial score (nSPS) is 15.3. The molecule has 1 rings (SSSR count). The molecule has 0 fully saturated rings. The lowest BCUT2D eigenvalue weighted by Crippen LogP contribution is -2.41. The monoisotopic (exact) mass is 267 g/mol. The van der Waals surface area contributed by atoms with Crippen molar-refractivity contribution in [3.8, 4) is 0 Å². The molecule has 19 heavy (non-hydrogen) atoms. The zero-order valence-electron chi connectivity index (χ0n) is 12.9. The zero-order chi connectivity index (χ0) is 14.6. The Bertz CT molecular complexity index is 412. The number of benzene rings is 1. The summed E-state index contributed by atoms with van der Waals surface area (Å²) in [5.41, 5.74) is 2.02. The van der Waals surface area contributed by atoms with E-state index in [9.17, 15) is 4.39 Å². The quantitative estimate of drug-likeness (QED) is 0.875. The molecule has 2 atom stereocenters. The molecule has 108 valence electrons. The first-order valence-corrected chi connectivity index (χ1v) is 6.86. The van der Waals surface area contributed by atoms with E-state index in [4.69, 9.17) is 4.74 Å². The van der Waals surface area contributed by atoms with Gasteiger partial charge >= 0.3 is 0 Å². The van der Waals surface area contributed by atoms with Crippen LogP contribution in [0.4, 0.5) is 4.39 Å². The highest BCUT2D eigenvalue weighted by Crippen LogP contribution is 2.34. The molecule has 0 saturated heterocycles. The lowest BCUT2D eigenvalue weighted by Gasteiger charge is -2.37. The van der Waals surface area contributed by atoms with Crippen molar-refractivity contribution in [3.63, 3.8) is 0 Å². The fourth-order valence-electron chi connectivity index (χ4n) is 2.44. The summed E-state index contributed by atoms with van der Waals surface area (Å²) in [6, 6.07) is 4.91. The third-order valence-corrected chi connectivity index (χ3v) is 3.39. The fourth-order valence-corrected chi connectivity index (χ4v) is 2.44. The molecule has 0 bridgehead atoms. The summed E-state index contributed by atoms with van der Waals surface area (Å²) in [5, 5.41) is 3.29. The standard InChI is InChI=1S/C16H26FNO/c1-7-19-15(16(3,4)5)14(18-6)13-10-12(17)9-8-11(13)2/h8-10,14-15,18H,7H2,1-6H3. The van der Waals surface area contributed by atoms with Crippen LogP contribution >= 0.6 is 0 Å².